The van der Waals surface area contributed by atoms with E-state index < -0.39 is 0 Å². The molecule has 0 fully saturated rings. The van der Waals surface area contributed by atoms with Crippen molar-refractivity contribution in [2.45, 2.75) is 13.8 Å². The summed E-state index contributed by atoms with van der Waals surface area (Å²) in [5.74, 6) is 0. The fourth-order valence-electron chi connectivity index (χ4n) is 1.18. The van der Waals surface area contributed by atoms with Gasteiger partial charge in [0.1, 0.15) is 0 Å². The molecule has 0 aromatic carbocycles. The first-order valence-electron chi connectivity index (χ1n) is 3.83. The van der Waals surface area contributed by atoms with Crippen LogP contribution < -0.4 is 0 Å². The number of aromatic nitrogens is 2. The molecule has 0 saturated carbocycles. The molecule has 0 atom stereocenters. The van der Waals surface area contributed by atoms with E-state index in [1.165, 1.54) is 11.5 Å². The van der Waals surface area contributed by atoms with E-state index in [9.17, 15) is 0 Å². The standard InChI is InChI=1S/C9H7N3S/c1-5-8(10-3)4-7-6(2)13-12-9(7)11-5/h4H,1-2H3. The average Bonchev–Trinajstić information content (AvgIpc) is 2.46. The summed E-state index contributed by atoms with van der Waals surface area (Å²) in [6, 6.07) is 1.86. The Hall–Kier alpha value is -1.47. The number of hydrogen-bond acceptors (Lipinski definition) is 3. The van der Waals surface area contributed by atoms with Gasteiger partial charge in [-0.05, 0) is 31.4 Å². The molecular formula is C9H7N3S. The van der Waals surface area contributed by atoms with Crippen LogP contribution in [0.3, 0.4) is 0 Å². The second kappa shape index (κ2) is 2.79. The summed E-state index contributed by atoms with van der Waals surface area (Å²) in [5.41, 5.74) is 2.14. The fourth-order valence-corrected chi connectivity index (χ4v) is 1.80. The lowest BCUT2D eigenvalue weighted by Gasteiger charge is -1.95. The van der Waals surface area contributed by atoms with Gasteiger partial charge in [0, 0.05) is 16.0 Å². The lowest BCUT2D eigenvalue weighted by molar-refractivity contribution is 1.25. The Bertz CT molecular complexity index is 507. The monoisotopic (exact) mass is 189 g/mol. The third-order valence-corrected chi connectivity index (χ3v) is 2.69. The normalized spacial score (nSPS) is 10.2. The molecule has 2 rings (SSSR count). The van der Waals surface area contributed by atoms with Gasteiger partial charge in [0.25, 0.3) is 0 Å². The molecule has 0 aliphatic rings. The zero-order chi connectivity index (χ0) is 9.42. The van der Waals surface area contributed by atoms with Crippen LogP contribution in [0.15, 0.2) is 6.07 Å². The molecule has 0 bridgehead atoms. The number of fused-ring (bicyclic) bond motifs is 1. The molecule has 3 nitrogen and oxygen atoms in total. The minimum atomic E-state index is 0.621. The van der Waals surface area contributed by atoms with Gasteiger partial charge >= 0.3 is 0 Å². The van der Waals surface area contributed by atoms with Crippen molar-refractivity contribution in [3.63, 3.8) is 0 Å². The maximum atomic E-state index is 6.95. The van der Waals surface area contributed by atoms with Crippen molar-refractivity contribution in [3.05, 3.63) is 28.1 Å². The summed E-state index contributed by atoms with van der Waals surface area (Å²) in [7, 11) is 0. The number of pyridine rings is 1. The third-order valence-electron chi connectivity index (χ3n) is 1.94. The highest BCUT2D eigenvalue weighted by molar-refractivity contribution is 7.07. The van der Waals surface area contributed by atoms with Crippen LogP contribution in [0.4, 0.5) is 5.69 Å². The maximum absolute atomic E-state index is 6.95. The first kappa shape index (κ1) is 8.14. The van der Waals surface area contributed by atoms with E-state index in [4.69, 9.17) is 6.57 Å². The van der Waals surface area contributed by atoms with E-state index in [1.54, 1.807) is 0 Å². The van der Waals surface area contributed by atoms with Gasteiger partial charge in [-0.1, -0.05) is 0 Å². The molecule has 0 amide bonds. The molecule has 4 heteroatoms. The minimum absolute atomic E-state index is 0.621. The van der Waals surface area contributed by atoms with E-state index in [2.05, 4.69) is 14.2 Å². The van der Waals surface area contributed by atoms with Gasteiger partial charge in [-0.3, -0.25) is 0 Å². The predicted octanol–water partition coefficient (Wildman–Crippen LogP) is 2.86. The summed E-state index contributed by atoms with van der Waals surface area (Å²) >= 11 is 1.43. The molecule has 13 heavy (non-hydrogen) atoms. The highest BCUT2D eigenvalue weighted by atomic mass is 32.1. The van der Waals surface area contributed by atoms with Gasteiger partial charge in [-0.15, -0.1) is 0 Å². The van der Waals surface area contributed by atoms with E-state index in [-0.39, 0.29) is 0 Å². The molecule has 64 valence electrons. The molecule has 0 aliphatic carbocycles. The van der Waals surface area contributed by atoms with Crippen molar-refractivity contribution < 1.29 is 0 Å². The SMILES string of the molecule is [C-]#[N+]c1cc2c(C)snc2nc1C. The summed E-state index contributed by atoms with van der Waals surface area (Å²) in [5, 5.41) is 1.00. The third kappa shape index (κ3) is 1.18. The number of aryl methyl sites for hydroxylation is 2. The Balaban J connectivity index is 2.86. The summed E-state index contributed by atoms with van der Waals surface area (Å²) in [6.45, 7) is 10.8. The molecule has 2 heterocycles. The largest absolute Gasteiger partial charge is 0.244 e. The van der Waals surface area contributed by atoms with Crippen molar-refractivity contribution >= 4 is 28.3 Å². The van der Waals surface area contributed by atoms with Crippen LogP contribution in [-0.2, 0) is 0 Å². The van der Waals surface area contributed by atoms with Crippen LogP contribution in [0.25, 0.3) is 15.9 Å². The molecular weight excluding hydrogens is 182 g/mol. The highest BCUT2D eigenvalue weighted by Crippen LogP contribution is 2.26. The summed E-state index contributed by atoms with van der Waals surface area (Å²) in [6.07, 6.45) is 0. The van der Waals surface area contributed by atoms with Gasteiger partial charge in [0.15, 0.2) is 5.65 Å². The van der Waals surface area contributed by atoms with Crippen molar-refractivity contribution in [2.75, 3.05) is 0 Å². The molecule has 0 saturated heterocycles. The Labute approximate surface area is 80.0 Å². The van der Waals surface area contributed by atoms with Crippen molar-refractivity contribution in [1.29, 1.82) is 0 Å². The smallest absolute Gasteiger partial charge is 0.208 e. The van der Waals surface area contributed by atoms with E-state index in [1.807, 2.05) is 19.9 Å². The summed E-state index contributed by atoms with van der Waals surface area (Å²) < 4.78 is 4.18. The number of rotatable bonds is 0. The predicted molar refractivity (Wildman–Crippen MR) is 53.2 cm³/mol. The Morgan fingerprint density at radius 3 is 2.92 bits per heavy atom. The first-order valence-corrected chi connectivity index (χ1v) is 4.61. The lowest BCUT2D eigenvalue weighted by Crippen LogP contribution is -1.82. The van der Waals surface area contributed by atoms with Gasteiger partial charge in [-0.2, -0.15) is 4.37 Å². The van der Waals surface area contributed by atoms with Crippen molar-refractivity contribution in [3.8, 4) is 0 Å². The van der Waals surface area contributed by atoms with Gasteiger partial charge < -0.3 is 0 Å². The van der Waals surface area contributed by atoms with Crippen molar-refractivity contribution in [2.24, 2.45) is 0 Å². The molecule has 0 N–H and O–H groups in total. The maximum Gasteiger partial charge on any atom is 0.208 e. The average molecular weight is 189 g/mol. The van der Waals surface area contributed by atoms with Crippen LogP contribution in [0.2, 0.25) is 0 Å². The minimum Gasteiger partial charge on any atom is -0.244 e. The topological polar surface area (TPSA) is 30.1 Å². The Kier molecular flexibility index (Phi) is 1.74. The molecule has 2 aromatic rings. The van der Waals surface area contributed by atoms with E-state index in [0.717, 1.165) is 21.6 Å². The fraction of sp³-hybridized carbons (Fsp3) is 0.222. The Morgan fingerprint density at radius 2 is 2.23 bits per heavy atom. The van der Waals surface area contributed by atoms with Gasteiger partial charge in [0.2, 0.25) is 5.69 Å². The van der Waals surface area contributed by atoms with Crippen LogP contribution in [0.1, 0.15) is 10.6 Å². The molecule has 0 aliphatic heterocycles. The quantitative estimate of drug-likeness (QED) is 0.596. The second-order valence-electron chi connectivity index (χ2n) is 2.81. The van der Waals surface area contributed by atoms with Gasteiger partial charge in [-0.25, -0.2) is 9.83 Å². The highest BCUT2D eigenvalue weighted by Gasteiger charge is 2.07. The zero-order valence-corrected chi connectivity index (χ0v) is 8.14. The lowest BCUT2D eigenvalue weighted by atomic mass is 10.2. The number of nitrogens with zero attached hydrogens (tertiary/aromatic N) is 3. The summed E-state index contributed by atoms with van der Waals surface area (Å²) in [4.78, 5) is 8.78. The molecule has 2 aromatic heterocycles. The molecule has 0 unspecified atom stereocenters. The van der Waals surface area contributed by atoms with Crippen LogP contribution >= 0.6 is 11.5 Å². The Morgan fingerprint density at radius 1 is 1.46 bits per heavy atom. The molecule has 0 radical (unpaired) electrons. The second-order valence-corrected chi connectivity index (χ2v) is 3.79. The van der Waals surface area contributed by atoms with E-state index >= 15 is 0 Å². The van der Waals surface area contributed by atoms with Crippen LogP contribution in [0, 0.1) is 20.4 Å². The van der Waals surface area contributed by atoms with Crippen molar-refractivity contribution in [1.82, 2.24) is 9.36 Å². The number of hydrogen-bond donors (Lipinski definition) is 0. The van der Waals surface area contributed by atoms with Crippen LogP contribution in [-0.4, -0.2) is 9.36 Å². The van der Waals surface area contributed by atoms with Gasteiger partial charge in [0.05, 0.1) is 6.57 Å². The zero-order valence-electron chi connectivity index (χ0n) is 7.33. The molecule has 0 spiro atoms. The van der Waals surface area contributed by atoms with Crippen LogP contribution in [0.5, 0.6) is 0 Å². The first-order chi connectivity index (χ1) is 6.22. The van der Waals surface area contributed by atoms with E-state index in [0.29, 0.717) is 5.69 Å².